The smallest absolute Gasteiger partial charge is 0.320 e. The van der Waals surface area contributed by atoms with E-state index in [1.165, 1.54) is 0 Å². The van der Waals surface area contributed by atoms with Crippen LogP contribution in [-0.2, 0) is 11.3 Å². The van der Waals surface area contributed by atoms with Crippen molar-refractivity contribution >= 4 is 5.97 Å². The molecule has 92 valence electrons. The summed E-state index contributed by atoms with van der Waals surface area (Å²) < 4.78 is 0. The normalized spacial score (nSPS) is 20.6. The van der Waals surface area contributed by atoms with E-state index in [0.29, 0.717) is 13.0 Å². The van der Waals surface area contributed by atoms with Gasteiger partial charge in [-0.3, -0.25) is 9.69 Å². The van der Waals surface area contributed by atoms with Gasteiger partial charge < -0.3 is 10.2 Å². The van der Waals surface area contributed by atoms with E-state index in [-0.39, 0.29) is 5.75 Å². The lowest BCUT2D eigenvalue weighted by Crippen LogP contribution is -2.35. The maximum Gasteiger partial charge on any atom is 0.320 e. The average Bonchev–Trinajstić information content (AvgIpc) is 2.71. The molecule has 1 fully saturated rings. The summed E-state index contributed by atoms with van der Waals surface area (Å²) in [6.45, 7) is 3.25. The number of hydrogen-bond acceptors (Lipinski definition) is 3. The van der Waals surface area contributed by atoms with Gasteiger partial charge in [0.1, 0.15) is 11.8 Å². The van der Waals surface area contributed by atoms with Crippen LogP contribution in [0.1, 0.15) is 24.0 Å². The predicted molar refractivity (Wildman–Crippen MR) is 63.9 cm³/mol. The highest BCUT2D eigenvalue weighted by Gasteiger charge is 2.30. The Bertz CT molecular complexity index is 431. The monoisotopic (exact) mass is 235 g/mol. The molecular weight excluding hydrogens is 218 g/mol. The topological polar surface area (TPSA) is 60.8 Å². The van der Waals surface area contributed by atoms with Gasteiger partial charge >= 0.3 is 5.97 Å². The highest BCUT2D eigenvalue weighted by Crippen LogP contribution is 2.25. The Morgan fingerprint density at radius 2 is 2.29 bits per heavy atom. The van der Waals surface area contributed by atoms with Crippen LogP contribution in [-0.4, -0.2) is 33.7 Å². The fourth-order valence-corrected chi connectivity index (χ4v) is 2.35. The molecule has 1 unspecified atom stereocenters. The third-order valence-electron chi connectivity index (χ3n) is 3.26. The Kier molecular flexibility index (Phi) is 3.33. The zero-order chi connectivity index (χ0) is 12.4. The molecular formula is C13H17NO3. The number of rotatable bonds is 3. The summed E-state index contributed by atoms with van der Waals surface area (Å²) in [7, 11) is 0. The first-order chi connectivity index (χ1) is 8.08. The van der Waals surface area contributed by atoms with Gasteiger partial charge in [-0.25, -0.2) is 0 Å². The number of hydrogen-bond donors (Lipinski definition) is 2. The molecule has 17 heavy (non-hydrogen) atoms. The van der Waals surface area contributed by atoms with Crippen LogP contribution in [0.4, 0.5) is 0 Å². The van der Waals surface area contributed by atoms with Gasteiger partial charge in [-0.15, -0.1) is 0 Å². The molecule has 1 heterocycles. The van der Waals surface area contributed by atoms with Crippen LogP contribution in [0.3, 0.4) is 0 Å². The lowest BCUT2D eigenvalue weighted by molar-refractivity contribution is -0.142. The Balaban J connectivity index is 2.15. The number of carboxylic acids is 1. The minimum absolute atomic E-state index is 0.242. The highest BCUT2D eigenvalue weighted by molar-refractivity contribution is 5.73. The van der Waals surface area contributed by atoms with E-state index in [1.807, 2.05) is 24.0 Å². The molecule has 0 radical (unpaired) electrons. The average molecular weight is 235 g/mol. The molecule has 2 N–H and O–H groups in total. The molecule has 1 saturated heterocycles. The molecule has 1 aliphatic heterocycles. The molecule has 1 atom stereocenters. The molecule has 1 aliphatic rings. The van der Waals surface area contributed by atoms with Gasteiger partial charge in [-0.05, 0) is 32.4 Å². The zero-order valence-electron chi connectivity index (χ0n) is 9.89. The molecule has 0 aliphatic carbocycles. The van der Waals surface area contributed by atoms with E-state index < -0.39 is 12.0 Å². The van der Waals surface area contributed by atoms with E-state index in [1.54, 1.807) is 6.07 Å². The van der Waals surface area contributed by atoms with Crippen molar-refractivity contribution in [1.29, 1.82) is 0 Å². The first-order valence-corrected chi connectivity index (χ1v) is 5.83. The zero-order valence-corrected chi connectivity index (χ0v) is 9.89. The van der Waals surface area contributed by atoms with E-state index in [2.05, 4.69) is 0 Å². The molecule has 0 amide bonds. The summed E-state index contributed by atoms with van der Waals surface area (Å²) in [6.07, 6.45) is 1.60. The SMILES string of the molecule is Cc1ccc(O)c(CN2CCCC2C(=O)O)c1. The number of aryl methyl sites for hydroxylation is 1. The Morgan fingerprint density at radius 3 is 3.00 bits per heavy atom. The predicted octanol–water partition coefficient (Wildman–Crippen LogP) is 1.75. The molecule has 1 aromatic carbocycles. The Morgan fingerprint density at radius 1 is 1.53 bits per heavy atom. The summed E-state index contributed by atoms with van der Waals surface area (Å²) in [5, 5.41) is 18.8. The lowest BCUT2D eigenvalue weighted by atomic mass is 10.1. The summed E-state index contributed by atoms with van der Waals surface area (Å²) in [5.41, 5.74) is 1.88. The summed E-state index contributed by atoms with van der Waals surface area (Å²) in [5.74, 6) is -0.527. The largest absolute Gasteiger partial charge is 0.508 e. The minimum atomic E-state index is -0.769. The third-order valence-corrected chi connectivity index (χ3v) is 3.26. The van der Waals surface area contributed by atoms with E-state index in [4.69, 9.17) is 5.11 Å². The van der Waals surface area contributed by atoms with Crippen LogP contribution >= 0.6 is 0 Å². The number of aromatic hydroxyl groups is 1. The van der Waals surface area contributed by atoms with Crippen molar-refractivity contribution in [3.05, 3.63) is 29.3 Å². The van der Waals surface area contributed by atoms with Crippen LogP contribution in [0.2, 0.25) is 0 Å². The summed E-state index contributed by atoms with van der Waals surface area (Å²) in [6, 6.07) is 5.01. The van der Waals surface area contributed by atoms with Gasteiger partial charge in [0.05, 0.1) is 0 Å². The molecule has 0 saturated carbocycles. The van der Waals surface area contributed by atoms with Crippen LogP contribution < -0.4 is 0 Å². The number of carbonyl (C=O) groups is 1. The molecule has 2 rings (SSSR count). The van der Waals surface area contributed by atoms with Crippen molar-refractivity contribution in [3.8, 4) is 5.75 Å². The van der Waals surface area contributed by atoms with Gasteiger partial charge in [-0.1, -0.05) is 17.7 Å². The van der Waals surface area contributed by atoms with Gasteiger partial charge in [0, 0.05) is 12.1 Å². The van der Waals surface area contributed by atoms with Crippen LogP contribution in [0.15, 0.2) is 18.2 Å². The van der Waals surface area contributed by atoms with Gasteiger partial charge in [0.25, 0.3) is 0 Å². The van der Waals surface area contributed by atoms with Gasteiger partial charge in [-0.2, -0.15) is 0 Å². The van der Waals surface area contributed by atoms with Crippen molar-refractivity contribution in [1.82, 2.24) is 4.90 Å². The minimum Gasteiger partial charge on any atom is -0.508 e. The third kappa shape index (κ3) is 2.58. The maximum atomic E-state index is 11.0. The van der Waals surface area contributed by atoms with Crippen molar-refractivity contribution < 1.29 is 15.0 Å². The lowest BCUT2D eigenvalue weighted by Gasteiger charge is -2.21. The molecule has 1 aromatic rings. The van der Waals surface area contributed by atoms with Crippen molar-refractivity contribution in [3.63, 3.8) is 0 Å². The second-order valence-corrected chi connectivity index (χ2v) is 4.60. The second kappa shape index (κ2) is 4.75. The fourth-order valence-electron chi connectivity index (χ4n) is 2.35. The number of phenolic OH excluding ortho intramolecular Hbond substituents is 1. The molecule has 0 bridgehead atoms. The van der Waals surface area contributed by atoms with E-state index in [0.717, 1.165) is 24.1 Å². The van der Waals surface area contributed by atoms with E-state index >= 15 is 0 Å². The number of aliphatic carboxylic acids is 1. The van der Waals surface area contributed by atoms with Crippen LogP contribution in [0.25, 0.3) is 0 Å². The Hall–Kier alpha value is -1.55. The first-order valence-electron chi connectivity index (χ1n) is 5.83. The Labute approximate surface area is 100 Å². The number of benzene rings is 1. The molecule has 0 aromatic heterocycles. The number of likely N-dealkylation sites (tertiary alicyclic amines) is 1. The summed E-state index contributed by atoms with van der Waals surface area (Å²) in [4.78, 5) is 13.0. The van der Waals surface area contributed by atoms with Crippen LogP contribution in [0, 0.1) is 6.92 Å². The number of carboxylic acid groups (broad SMARTS) is 1. The van der Waals surface area contributed by atoms with Crippen molar-refractivity contribution in [2.45, 2.75) is 32.4 Å². The number of nitrogens with zero attached hydrogens (tertiary/aromatic N) is 1. The summed E-state index contributed by atoms with van der Waals surface area (Å²) >= 11 is 0. The molecule has 4 heteroatoms. The maximum absolute atomic E-state index is 11.0. The molecule has 4 nitrogen and oxygen atoms in total. The molecule has 0 spiro atoms. The van der Waals surface area contributed by atoms with Crippen LogP contribution in [0.5, 0.6) is 5.75 Å². The quantitative estimate of drug-likeness (QED) is 0.838. The first kappa shape index (κ1) is 11.9. The fraction of sp³-hybridized carbons (Fsp3) is 0.462. The highest BCUT2D eigenvalue weighted by atomic mass is 16.4. The van der Waals surface area contributed by atoms with Gasteiger partial charge in [0.2, 0.25) is 0 Å². The van der Waals surface area contributed by atoms with Crippen molar-refractivity contribution in [2.75, 3.05) is 6.54 Å². The van der Waals surface area contributed by atoms with Crippen molar-refractivity contribution in [2.24, 2.45) is 0 Å². The van der Waals surface area contributed by atoms with Gasteiger partial charge in [0.15, 0.2) is 0 Å². The second-order valence-electron chi connectivity index (χ2n) is 4.60. The number of phenols is 1. The standard InChI is InChI=1S/C13H17NO3/c1-9-4-5-12(15)10(7-9)8-14-6-2-3-11(14)13(16)17/h4-5,7,11,15H,2-3,6,8H2,1H3,(H,16,17). The van der Waals surface area contributed by atoms with E-state index in [9.17, 15) is 9.90 Å².